The lowest BCUT2D eigenvalue weighted by Gasteiger charge is -2.07. The molecule has 0 aromatic heterocycles. The number of nitrogens with zero attached hydrogens (tertiary/aromatic N) is 1. The standard InChI is InChI=1S/C11H11ClN2O2S/c1-2-7-17-8-6-13-11-9(12)4-3-5-10(11)14(15)16/h1,3-5,13H,6-8H2. The number of hydrogen-bond donors (Lipinski definition) is 1. The molecule has 90 valence electrons. The Hall–Kier alpha value is -1.38. The molecule has 0 fully saturated rings. The van der Waals surface area contributed by atoms with Gasteiger partial charge in [0.15, 0.2) is 0 Å². The molecule has 1 aromatic rings. The zero-order chi connectivity index (χ0) is 12.7. The normalized spacial score (nSPS) is 9.65. The van der Waals surface area contributed by atoms with Gasteiger partial charge >= 0.3 is 0 Å². The van der Waals surface area contributed by atoms with Crippen LogP contribution in [0.1, 0.15) is 0 Å². The van der Waals surface area contributed by atoms with E-state index in [1.165, 1.54) is 6.07 Å². The van der Waals surface area contributed by atoms with Crippen molar-refractivity contribution in [1.29, 1.82) is 0 Å². The van der Waals surface area contributed by atoms with Crippen LogP contribution in [0.15, 0.2) is 18.2 Å². The highest BCUT2D eigenvalue weighted by atomic mass is 35.5. The molecule has 0 aliphatic carbocycles. The van der Waals surface area contributed by atoms with Crippen molar-refractivity contribution in [3.05, 3.63) is 33.3 Å². The van der Waals surface area contributed by atoms with Crippen molar-refractivity contribution >= 4 is 34.7 Å². The van der Waals surface area contributed by atoms with Crippen LogP contribution < -0.4 is 5.32 Å². The maximum Gasteiger partial charge on any atom is 0.293 e. The van der Waals surface area contributed by atoms with Crippen LogP contribution in [0.4, 0.5) is 11.4 Å². The van der Waals surface area contributed by atoms with Crippen molar-refractivity contribution < 1.29 is 4.92 Å². The molecule has 0 saturated heterocycles. The molecule has 0 saturated carbocycles. The molecule has 0 aliphatic rings. The van der Waals surface area contributed by atoms with Crippen LogP contribution in [-0.4, -0.2) is 23.0 Å². The number of hydrogen-bond acceptors (Lipinski definition) is 4. The highest BCUT2D eigenvalue weighted by Crippen LogP contribution is 2.31. The van der Waals surface area contributed by atoms with Crippen LogP contribution in [-0.2, 0) is 0 Å². The van der Waals surface area contributed by atoms with Gasteiger partial charge in [0.1, 0.15) is 5.69 Å². The average molecular weight is 271 g/mol. The minimum Gasteiger partial charge on any atom is -0.377 e. The summed E-state index contributed by atoms with van der Waals surface area (Å²) in [5.74, 6) is 3.91. The molecule has 0 amide bonds. The second-order valence-electron chi connectivity index (χ2n) is 3.07. The van der Waals surface area contributed by atoms with Gasteiger partial charge in [-0.3, -0.25) is 10.1 Å². The van der Waals surface area contributed by atoms with E-state index in [4.69, 9.17) is 18.0 Å². The molecular weight excluding hydrogens is 260 g/mol. The van der Waals surface area contributed by atoms with Crippen molar-refractivity contribution in [2.75, 3.05) is 23.4 Å². The van der Waals surface area contributed by atoms with E-state index in [2.05, 4.69) is 11.2 Å². The lowest BCUT2D eigenvalue weighted by Crippen LogP contribution is -2.07. The van der Waals surface area contributed by atoms with E-state index in [1.54, 1.807) is 23.9 Å². The molecule has 0 heterocycles. The van der Waals surface area contributed by atoms with Gasteiger partial charge in [-0.15, -0.1) is 18.2 Å². The first-order valence-corrected chi connectivity index (χ1v) is 6.38. The molecule has 1 rings (SSSR count). The van der Waals surface area contributed by atoms with Gasteiger partial charge in [-0.25, -0.2) is 0 Å². The van der Waals surface area contributed by atoms with E-state index in [0.717, 1.165) is 5.75 Å². The van der Waals surface area contributed by atoms with Gasteiger partial charge in [-0.1, -0.05) is 23.6 Å². The number of nitrogens with one attached hydrogen (secondary N) is 1. The third kappa shape index (κ3) is 4.17. The second kappa shape index (κ2) is 7.05. The summed E-state index contributed by atoms with van der Waals surface area (Å²) in [5, 5.41) is 14.1. The van der Waals surface area contributed by atoms with E-state index >= 15 is 0 Å². The molecule has 0 unspecified atom stereocenters. The Labute approximate surface area is 109 Å². The first kappa shape index (κ1) is 13.7. The smallest absolute Gasteiger partial charge is 0.293 e. The lowest BCUT2D eigenvalue weighted by atomic mass is 10.2. The number of terminal acetylenes is 1. The van der Waals surface area contributed by atoms with Crippen molar-refractivity contribution in [2.24, 2.45) is 0 Å². The largest absolute Gasteiger partial charge is 0.377 e. The fourth-order valence-corrected chi connectivity index (χ4v) is 1.96. The number of thioether (sulfide) groups is 1. The number of para-hydroxylation sites is 1. The van der Waals surface area contributed by atoms with Crippen LogP contribution in [0.5, 0.6) is 0 Å². The van der Waals surface area contributed by atoms with Gasteiger partial charge in [0.2, 0.25) is 0 Å². The fraction of sp³-hybridized carbons (Fsp3) is 0.273. The van der Waals surface area contributed by atoms with Crippen LogP contribution in [0.25, 0.3) is 0 Å². The molecule has 6 heteroatoms. The number of anilines is 1. The molecule has 0 aliphatic heterocycles. The van der Waals surface area contributed by atoms with Gasteiger partial charge < -0.3 is 5.32 Å². The fourth-order valence-electron chi connectivity index (χ4n) is 1.22. The Morgan fingerprint density at radius 1 is 1.59 bits per heavy atom. The Morgan fingerprint density at radius 3 is 3.00 bits per heavy atom. The third-order valence-corrected chi connectivity index (χ3v) is 3.10. The topological polar surface area (TPSA) is 55.2 Å². The molecule has 1 N–H and O–H groups in total. The van der Waals surface area contributed by atoms with Gasteiger partial charge in [-0.2, -0.15) is 0 Å². The molecular formula is C11H11ClN2O2S. The lowest BCUT2D eigenvalue weighted by molar-refractivity contribution is -0.383. The summed E-state index contributed by atoms with van der Waals surface area (Å²) >= 11 is 7.49. The molecule has 0 radical (unpaired) electrons. The van der Waals surface area contributed by atoms with Crippen molar-refractivity contribution in [3.8, 4) is 12.3 Å². The van der Waals surface area contributed by atoms with Crippen LogP contribution >= 0.6 is 23.4 Å². The van der Waals surface area contributed by atoms with Crippen LogP contribution in [0.3, 0.4) is 0 Å². The summed E-state index contributed by atoms with van der Waals surface area (Å²) in [4.78, 5) is 10.3. The quantitative estimate of drug-likeness (QED) is 0.374. The van der Waals surface area contributed by atoms with Crippen molar-refractivity contribution in [1.82, 2.24) is 0 Å². The highest BCUT2D eigenvalue weighted by Gasteiger charge is 2.15. The highest BCUT2D eigenvalue weighted by molar-refractivity contribution is 7.99. The monoisotopic (exact) mass is 270 g/mol. The summed E-state index contributed by atoms with van der Waals surface area (Å²) in [6, 6.07) is 4.59. The molecule has 0 atom stereocenters. The predicted molar refractivity (Wildman–Crippen MR) is 72.8 cm³/mol. The van der Waals surface area contributed by atoms with Crippen molar-refractivity contribution in [2.45, 2.75) is 0 Å². The van der Waals surface area contributed by atoms with E-state index in [1.807, 2.05) is 0 Å². The summed E-state index contributed by atoms with van der Waals surface area (Å²) in [5.41, 5.74) is 0.347. The van der Waals surface area contributed by atoms with E-state index in [0.29, 0.717) is 23.0 Å². The van der Waals surface area contributed by atoms with Gasteiger partial charge in [0, 0.05) is 18.4 Å². The molecule has 0 spiro atoms. The van der Waals surface area contributed by atoms with E-state index in [9.17, 15) is 10.1 Å². The molecule has 0 bridgehead atoms. The van der Waals surface area contributed by atoms with Crippen LogP contribution in [0, 0.1) is 22.5 Å². The van der Waals surface area contributed by atoms with Gasteiger partial charge in [-0.05, 0) is 6.07 Å². The number of halogens is 1. The maximum absolute atomic E-state index is 10.8. The number of rotatable bonds is 6. The van der Waals surface area contributed by atoms with Crippen molar-refractivity contribution in [3.63, 3.8) is 0 Å². The summed E-state index contributed by atoms with van der Waals surface area (Å²) < 4.78 is 0. The number of nitro benzene ring substituents is 1. The zero-order valence-electron chi connectivity index (χ0n) is 8.98. The van der Waals surface area contributed by atoms with Gasteiger partial charge in [0.25, 0.3) is 5.69 Å². The maximum atomic E-state index is 10.8. The van der Waals surface area contributed by atoms with E-state index in [-0.39, 0.29) is 5.69 Å². The molecule has 4 nitrogen and oxygen atoms in total. The average Bonchev–Trinajstić information content (AvgIpc) is 2.30. The zero-order valence-corrected chi connectivity index (χ0v) is 10.6. The SMILES string of the molecule is C#CCSCCNc1c(Cl)cccc1[N+](=O)[O-]. The third-order valence-electron chi connectivity index (χ3n) is 1.92. The first-order chi connectivity index (χ1) is 8.16. The Balaban J connectivity index is 2.63. The number of benzene rings is 1. The molecule has 1 aromatic carbocycles. The van der Waals surface area contributed by atoms with E-state index < -0.39 is 4.92 Å². The summed E-state index contributed by atoms with van der Waals surface area (Å²) in [7, 11) is 0. The van der Waals surface area contributed by atoms with Gasteiger partial charge in [0.05, 0.1) is 15.7 Å². The minimum absolute atomic E-state index is 0.0144. The number of nitro groups is 1. The minimum atomic E-state index is -0.456. The second-order valence-corrected chi connectivity index (χ2v) is 4.59. The molecule has 17 heavy (non-hydrogen) atoms. The Morgan fingerprint density at radius 2 is 2.35 bits per heavy atom. The predicted octanol–water partition coefficient (Wildman–Crippen LogP) is 3.03. The van der Waals surface area contributed by atoms with Crippen LogP contribution in [0.2, 0.25) is 5.02 Å². The first-order valence-electron chi connectivity index (χ1n) is 4.84. The Bertz CT molecular complexity index is 446. The Kier molecular flexibility index (Phi) is 5.67. The summed E-state index contributed by atoms with van der Waals surface area (Å²) in [6.45, 7) is 0.580. The summed E-state index contributed by atoms with van der Waals surface area (Å²) in [6.07, 6.45) is 5.11.